The van der Waals surface area contributed by atoms with E-state index in [4.69, 9.17) is 5.73 Å². The third-order valence-corrected chi connectivity index (χ3v) is 2.94. The van der Waals surface area contributed by atoms with Gasteiger partial charge in [0.05, 0.1) is 11.9 Å². The van der Waals surface area contributed by atoms with Crippen LogP contribution in [0.25, 0.3) is 0 Å². The van der Waals surface area contributed by atoms with Gasteiger partial charge in [-0.25, -0.2) is 8.42 Å². The number of hydrogen-bond donors (Lipinski definition) is 1. The normalized spacial score (nSPS) is 11.2. The zero-order valence-corrected chi connectivity index (χ0v) is 8.38. The van der Waals surface area contributed by atoms with Crippen LogP contribution in [0.3, 0.4) is 0 Å². The molecule has 0 heterocycles. The third-order valence-electron chi connectivity index (χ3n) is 1.73. The predicted octanol–water partition coefficient (Wildman–Crippen LogP) is 0.665. The maximum Gasteiger partial charge on any atom is 0.231 e. The summed E-state index contributed by atoms with van der Waals surface area (Å²) in [5, 5.41) is 0. The Hall–Kier alpha value is -1.23. The highest BCUT2D eigenvalue weighted by Crippen LogP contribution is 2.17. The summed E-state index contributed by atoms with van der Waals surface area (Å²) in [4.78, 5) is 0. The van der Waals surface area contributed by atoms with Gasteiger partial charge in [0, 0.05) is 12.7 Å². The van der Waals surface area contributed by atoms with Crippen molar-refractivity contribution < 1.29 is 8.42 Å². The van der Waals surface area contributed by atoms with Gasteiger partial charge in [-0.05, 0) is 18.2 Å². The Kier molecular flexibility index (Phi) is 2.47. The minimum Gasteiger partial charge on any atom is -0.399 e. The van der Waals surface area contributed by atoms with Gasteiger partial charge in [-0.2, -0.15) is 0 Å². The van der Waals surface area contributed by atoms with Gasteiger partial charge in [0.2, 0.25) is 10.0 Å². The van der Waals surface area contributed by atoms with Crippen molar-refractivity contribution in [2.45, 2.75) is 0 Å². The highest BCUT2D eigenvalue weighted by molar-refractivity contribution is 7.92. The quantitative estimate of drug-likeness (QED) is 0.713. The van der Waals surface area contributed by atoms with Gasteiger partial charge in [-0.1, -0.05) is 6.07 Å². The van der Waals surface area contributed by atoms with E-state index in [0.29, 0.717) is 11.4 Å². The minimum absolute atomic E-state index is 0.549. The number of benzene rings is 1. The SMILES string of the molecule is CN(c1cccc(N)c1)S(C)(=O)=O. The number of sulfonamides is 1. The van der Waals surface area contributed by atoms with E-state index < -0.39 is 10.0 Å². The van der Waals surface area contributed by atoms with Crippen LogP contribution in [0.1, 0.15) is 0 Å². The van der Waals surface area contributed by atoms with E-state index in [2.05, 4.69) is 0 Å². The monoisotopic (exact) mass is 200 g/mol. The highest BCUT2D eigenvalue weighted by Gasteiger charge is 2.10. The Morgan fingerprint density at radius 3 is 2.46 bits per heavy atom. The summed E-state index contributed by atoms with van der Waals surface area (Å²) in [6, 6.07) is 6.73. The summed E-state index contributed by atoms with van der Waals surface area (Å²) in [7, 11) is -1.70. The Morgan fingerprint density at radius 1 is 1.38 bits per heavy atom. The molecule has 1 rings (SSSR count). The summed E-state index contributed by atoms with van der Waals surface area (Å²) in [6.07, 6.45) is 1.15. The average Bonchev–Trinajstić information content (AvgIpc) is 2.01. The maximum absolute atomic E-state index is 11.1. The smallest absolute Gasteiger partial charge is 0.231 e. The lowest BCUT2D eigenvalue weighted by Crippen LogP contribution is -2.24. The molecule has 72 valence electrons. The standard InChI is InChI=1S/C8H12N2O2S/c1-10(13(2,11)12)8-5-3-4-7(9)6-8/h3-6H,9H2,1-2H3. The van der Waals surface area contributed by atoms with Crippen molar-refractivity contribution in [3.05, 3.63) is 24.3 Å². The Labute approximate surface area is 78.0 Å². The van der Waals surface area contributed by atoms with E-state index in [1.165, 1.54) is 11.4 Å². The lowest BCUT2D eigenvalue weighted by Gasteiger charge is -2.16. The number of anilines is 2. The van der Waals surface area contributed by atoms with Gasteiger partial charge < -0.3 is 5.73 Å². The fourth-order valence-corrected chi connectivity index (χ4v) is 1.41. The molecular weight excluding hydrogens is 188 g/mol. The molecule has 1 aromatic carbocycles. The van der Waals surface area contributed by atoms with E-state index in [9.17, 15) is 8.42 Å². The molecular formula is C8H12N2O2S. The first kappa shape index (κ1) is 9.85. The van der Waals surface area contributed by atoms with Crippen LogP contribution >= 0.6 is 0 Å². The van der Waals surface area contributed by atoms with E-state index in [0.717, 1.165) is 6.26 Å². The first-order valence-electron chi connectivity index (χ1n) is 3.71. The Morgan fingerprint density at radius 2 is 2.00 bits per heavy atom. The van der Waals surface area contributed by atoms with Crippen molar-refractivity contribution >= 4 is 21.4 Å². The first-order chi connectivity index (χ1) is 5.91. The zero-order valence-electron chi connectivity index (χ0n) is 7.56. The molecule has 0 radical (unpaired) electrons. The van der Waals surface area contributed by atoms with Crippen molar-refractivity contribution in [1.82, 2.24) is 0 Å². The van der Waals surface area contributed by atoms with Gasteiger partial charge in [-0.15, -0.1) is 0 Å². The second kappa shape index (κ2) is 3.26. The molecule has 0 fully saturated rings. The summed E-state index contributed by atoms with van der Waals surface area (Å²) >= 11 is 0. The number of rotatable bonds is 2. The van der Waals surface area contributed by atoms with Crippen LogP contribution in [0.4, 0.5) is 11.4 Å². The minimum atomic E-state index is -3.19. The molecule has 0 aliphatic rings. The van der Waals surface area contributed by atoms with E-state index >= 15 is 0 Å². The van der Waals surface area contributed by atoms with Crippen LogP contribution in [-0.2, 0) is 10.0 Å². The topological polar surface area (TPSA) is 63.4 Å². The van der Waals surface area contributed by atoms with Crippen LogP contribution in [0.5, 0.6) is 0 Å². The van der Waals surface area contributed by atoms with Crippen LogP contribution in [0.2, 0.25) is 0 Å². The molecule has 0 amide bonds. The lowest BCUT2D eigenvalue weighted by atomic mass is 10.3. The molecule has 0 aliphatic carbocycles. The highest BCUT2D eigenvalue weighted by atomic mass is 32.2. The van der Waals surface area contributed by atoms with Crippen molar-refractivity contribution in [3.63, 3.8) is 0 Å². The Balaban J connectivity index is 3.10. The van der Waals surface area contributed by atoms with E-state index in [-0.39, 0.29) is 0 Å². The molecule has 5 heteroatoms. The van der Waals surface area contributed by atoms with Gasteiger partial charge in [0.1, 0.15) is 0 Å². The summed E-state index contributed by atoms with van der Waals surface area (Å²) in [6.45, 7) is 0. The Bertz CT molecular complexity index is 400. The van der Waals surface area contributed by atoms with E-state index in [1.807, 2.05) is 0 Å². The number of nitrogens with two attached hydrogens (primary N) is 1. The summed E-state index contributed by atoms with van der Waals surface area (Å²) in [5.41, 5.74) is 6.64. The molecule has 0 aliphatic heterocycles. The fraction of sp³-hybridized carbons (Fsp3) is 0.250. The first-order valence-corrected chi connectivity index (χ1v) is 5.55. The number of nitrogen functional groups attached to an aromatic ring is 1. The second-order valence-electron chi connectivity index (χ2n) is 2.83. The molecule has 0 unspecified atom stereocenters. The van der Waals surface area contributed by atoms with Gasteiger partial charge in [-0.3, -0.25) is 4.31 Å². The molecule has 1 aromatic rings. The van der Waals surface area contributed by atoms with Crippen molar-refractivity contribution in [3.8, 4) is 0 Å². The van der Waals surface area contributed by atoms with Crippen LogP contribution in [0.15, 0.2) is 24.3 Å². The van der Waals surface area contributed by atoms with Crippen LogP contribution in [-0.4, -0.2) is 21.7 Å². The molecule has 13 heavy (non-hydrogen) atoms. The molecule has 2 N–H and O–H groups in total. The van der Waals surface area contributed by atoms with Gasteiger partial charge >= 0.3 is 0 Å². The van der Waals surface area contributed by atoms with Crippen molar-refractivity contribution in [1.29, 1.82) is 0 Å². The van der Waals surface area contributed by atoms with E-state index in [1.54, 1.807) is 24.3 Å². The molecule has 4 nitrogen and oxygen atoms in total. The number of hydrogen-bond acceptors (Lipinski definition) is 3. The van der Waals surface area contributed by atoms with Gasteiger partial charge in [0.15, 0.2) is 0 Å². The molecule has 0 spiro atoms. The largest absolute Gasteiger partial charge is 0.399 e. The summed E-state index contributed by atoms with van der Waals surface area (Å²) < 4.78 is 23.4. The molecule has 0 aromatic heterocycles. The predicted molar refractivity (Wildman–Crippen MR) is 54.1 cm³/mol. The molecule has 0 saturated carbocycles. The molecule has 0 saturated heterocycles. The third kappa shape index (κ3) is 2.35. The number of nitrogens with zero attached hydrogens (tertiary/aromatic N) is 1. The average molecular weight is 200 g/mol. The van der Waals surface area contributed by atoms with Crippen molar-refractivity contribution in [2.24, 2.45) is 0 Å². The van der Waals surface area contributed by atoms with Gasteiger partial charge in [0.25, 0.3) is 0 Å². The van der Waals surface area contributed by atoms with Crippen molar-refractivity contribution in [2.75, 3.05) is 23.3 Å². The van der Waals surface area contributed by atoms with Crippen LogP contribution < -0.4 is 10.0 Å². The molecule has 0 atom stereocenters. The maximum atomic E-state index is 11.1. The zero-order chi connectivity index (χ0) is 10.1. The molecule has 0 bridgehead atoms. The lowest BCUT2D eigenvalue weighted by molar-refractivity contribution is 0.600. The van der Waals surface area contributed by atoms with Crippen LogP contribution in [0, 0.1) is 0 Å². The summed E-state index contributed by atoms with van der Waals surface area (Å²) in [5.74, 6) is 0. The fourth-order valence-electron chi connectivity index (χ4n) is 0.912. The second-order valence-corrected chi connectivity index (χ2v) is 4.84.